The Morgan fingerprint density at radius 2 is 1.13 bits per heavy atom. The summed E-state index contributed by atoms with van der Waals surface area (Å²) in [5, 5.41) is 21.1. The van der Waals surface area contributed by atoms with Crippen LogP contribution in [-0.2, 0) is 30.3 Å². The van der Waals surface area contributed by atoms with E-state index in [0.29, 0.717) is 39.9 Å². The molecule has 2 aromatic heterocycles. The maximum Gasteiger partial charge on any atom is 0.534 e. The Hall–Kier alpha value is -5.81. The molecule has 0 unspecified atom stereocenters. The minimum Gasteiger partial charge on any atom is -0.507 e. The highest BCUT2D eigenvalue weighted by Gasteiger charge is 2.49. The maximum atomic E-state index is 14.1. The molecule has 0 aliphatic heterocycles. The van der Waals surface area contributed by atoms with Gasteiger partial charge in [0.1, 0.15) is 28.7 Å². The van der Waals surface area contributed by atoms with E-state index in [4.69, 9.17) is 0 Å². The first kappa shape index (κ1) is 39.4. The number of nitrogens with zero attached hydrogens (tertiary/aromatic N) is 2. The first-order valence-electron chi connectivity index (χ1n) is 14.3. The van der Waals surface area contributed by atoms with Gasteiger partial charge < -0.3 is 23.1 Å². The van der Waals surface area contributed by atoms with Crippen molar-refractivity contribution in [3.63, 3.8) is 0 Å². The molecule has 2 heterocycles. The smallest absolute Gasteiger partial charge is 0.507 e. The van der Waals surface area contributed by atoms with Crippen LogP contribution in [-0.4, -0.2) is 66.6 Å². The lowest BCUT2D eigenvalue weighted by molar-refractivity contribution is -0.0504. The number of phenols is 2. The van der Waals surface area contributed by atoms with Gasteiger partial charge >= 0.3 is 31.3 Å². The third kappa shape index (κ3) is 7.36. The highest BCUT2D eigenvalue weighted by atomic mass is 32.2. The predicted molar refractivity (Wildman–Crippen MR) is 172 cm³/mol. The quantitative estimate of drug-likeness (QED) is 0.0768. The second-order valence-corrected chi connectivity index (χ2v) is 15.8. The van der Waals surface area contributed by atoms with Gasteiger partial charge in [0, 0.05) is 24.5 Å². The Labute approximate surface area is 300 Å². The van der Waals surface area contributed by atoms with Gasteiger partial charge in [-0.3, -0.25) is 9.59 Å². The first-order chi connectivity index (χ1) is 24.9. The van der Waals surface area contributed by atoms with E-state index in [-0.39, 0.29) is 10.6 Å². The van der Waals surface area contributed by atoms with Crippen LogP contribution in [0.4, 0.5) is 26.3 Å². The van der Waals surface area contributed by atoms with Crippen molar-refractivity contribution in [2.75, 3.05) is 0 Å². The number of hydrogen-bond acceptors (Lipinski definition) is 12. The lowest BCUT2D eigenvalue weighted by atomic mass is 10.0. The highest BCUT2D eigenvalue weighted by Crippen LogP contribution is 2.35. The van der Waals surface area contributed by atoms with Crippen LogP contribution in [0.1, 0.15) is 37.7 Å². The molecule has 0 aliphatic carbocycles. The number of aromatic nitrogens is 2. The van der Waals surface area contributed by atoms with Crippen LogP contribution < -0.4 is 8.37 Å². The summed E-state index contributed by atoms with van der Waals surface area (Å²) >= 11 is 0. The Morgan fingerprint density at radius 1 is 0.648 bits per heavy atom. The summed E-state index contributed by atoms with van der Waals surface area (Å²) in [4.78, 5) is 27.4. The van der Waals surface area contributed by atoms with Crippen LogP contribution in [0.5, 0.6) is 23.0 Å². The summed E-state index contributed by atoms with van der Waals surface area (Å²) in [7, 11) is -17.1. The number of halogens is 6. The number of carbonyl (C=O) groups excluding carboxylic acids is 2. The van der Waals surface area contributed by atoms with Crippen LogP contribution in [0.3, 0.4) is 0 Å². The molecule has 5 rings (SSSR count). The summed E-state index contributed by atoms with van der Waals surface area (Å²) < 4.78 is 160. The van der Waals surface area contributed by atoms with Gasteiger partial charge in [-0.05, 0) is 61.5 Å². The molecule has 0 saturated carbocycles. The van der Waals surface area contributed by atoms with Crippen molar-refractivity contribution in [3.8, 4) is 28.7 Å². The van der Waals surface area contributed by atoms with Crippen molar-refractivity contribution in [2.45, 2.75) is 22.8 Å². The number of aryl methyl sites for hydroxylation is 1. The van der Waals surface area contributed by atoms with Crippen LogP contribution in [0, 0.1) is 6.92 Å². The number of rotatable bonds is 11. The predicted octanol–water partition coefficient (Wildman–Crippen LogP) is 5.15. The minimum atomic E-state index is -6.21. The van der Waals surface area contributed by atoms with Gasteiger partial charge in [0.2, 0.25) is 11.6 Å². The van der Waals surface area contributed by atoms with Gasteiger partial charge in [0.15, 0.2) is 0 Å². The highest BCUT2D eigenvalue weighted by molar-refractivity contribution is 7.90. The molecule has 5 aromatic rings. The molecular formula is C31H20F6N2O12S3. The van der Waals surface area contributed by atoms with Crippen molar-refractivity contribution in [1.82, 2.24) is 8.54 Å². The fourth-order valence-corrected chi connectivity index (χ4v) is 6.99. The monoisotopic (exact) mass is 822 g/mol. The molecule has 0 radical (unpaired) electrons. The van der Waals surface area contributed by atoms with Crippen molar-refractivity contribution >= 4 is 41.8 Å². The average molecular weight is 823 g/mol. The second kappa shape index (κ2) is 13.6. The lowest BCUT2D eigenvalue weighted by Crippen LogP contribution is -2.28. The largest absolute Gasteiger partial charge is 0.534 e. The summed E-state index contributed by atoms with van der Waals surface area (Å²) in [6, 6.07) is 11.9. The standard InChI is InChI=1S/C31H20F6N2O12S3/c1-17-4-8-20(9-5-17)52(44,45)39-14-12-23(27(39)29(43)22-11-7-19(16-26(22)41)51-54(48,49)31(35,36)37)38-13-2-3-24(38)28(42)21-10-6-18(15-25(21)40)50-53(46,47)30(32,33)34/h2-16,40-41H,1H3. The van der Waals surface area contributed by atoms with E-state index in [2.05, 4.69) is 8.37 Å². The SMILES string of the molecule is Cc1ccc(S(=O)(=O)n2ccc(-n3cccc3C(=O)c3ccc(OS(=O)(=O)C(F)(F)F)cc3O)c2C(=O)c2ccc(OS(=O)(=O)C(F)(F)F)cc2O)cc1. The van der Waals surface area contributed by atoms with Crippen molar-refractivity contribution in [1.29, 1.82) is 0 Å². The lowest BCUT2D eigenvalue weighted by Gasteiger charge is -2.15. The molecule has 54 heavy (non-hydrogen) atoms. The molecular weight excluding hydrogens is 803 g/mol. The van der Waals surface area contributed by atoms with Gasteiger partial charge in [-0.1, -0.05) is 17.7 Å². The van der Waals surface area contributed by atoms with Crippen molar-refractivity contribution in [2.24, 2.45) is 0 Å². The Bertz CT molecular complexity index is 2650. The topological polar surface area (TPSA) is 205 Å². The Morgan fingerprint density at radius 3 is 1.59 bits per heavy atom. The van der Waals surface area contributed by atoms with E-state index >= 15 is 0 Å². The number of benzene rings is 3. The molecule has 286 valence electrons. The van der Waals surface area contributed by atoms with E-state index in [1.165, 1.54) is 30.3 Å². The zero-order valence-electron chi connectivity index (χ0n) is 26.5. The van der Waals surface area contributed by atoms with Gasteiger partial charge in [-0.2, -0.15) is 43.2 Å². The van der Waals surface area contributed by atoms with Gasteiger partial charge in [0.25, 0.3) is 10.0 Å². The van der Waals surface area contributed by atoms with E-state index < -0.39 is 98.4 Å². The van der Waals surface area contributed by atoms with E-state index in [1.54, 1.807) is 6.92 Å². The van der Waals surface area contributed by atoms with Gasteiger partial charge in [-0.15, -0.1) is 0 Å². The molecule has 14 nitrogen and oxygen atoms in total. The van der Waals surface area contributed by atoms with E-state index in [0.717, 1.165) is 35.2 Å². The zero-order chi connectivity index (χ0) is 40.2. The van der Waals surface area contributed by atoms with Gasteiger partial charge in [-0.25, -0.2) is 12.4 Å². The zero-order valence-corrected chi connectivity index (χ0v) is 29.0. The molecule has 3 aromatic carbocycles. The molecule has 0 atom stereocenters. The number of phenolic OH excluding ortho intramolecular Hbond substituents is 2. The fraction of sp³-hybridized carbons (Fsp3) is 0.0968. The fourth-order valence-electron chi connectivity index (χ4n) is 4.74. The Balaban J connectivity index is 1.63. The van der Waals surface area contributed by atoms with Crippen LogP contribution in [0.2, 0.25) is 0 Å². The number of aromatic hydroxyl groups is 2. The summed E-state index contributed by atoms with van der Waals surface area (Å²) in [5.74, 6) is -6.76. The minimum absolute atomic E-state index is 0.346. The second-order valence-electron chi connectivity index (χ2n) is 10.9. The van der Waals surface area contributed by atoms with Crippen LogP contribution in [0.15, 0.2) is 96.2 Å². The number of hydrogen-bond donors (Lipinski definition) is 2. The van der Waals surface area contributed by atoms with Gasteiger partial charge in [0.05, 0.1) is 27.4 Å². The molecule has 0 amide bonds. The molecule has 0 bridgehead atoms. The van der Waals surface area contributed by atoms with Crippen molar-refractivity contribution in [3.05, 3.63) is 119 Å². The summed E-state index contributed by atoms with van der Waals surface area (Å²) in [6.07, 6.45) is 2.03. The molecule has 0 saturated heterocycles. The first-order valence-corrected chi connectivity index (χ1v) is 18.6. The molecule has 0 aliphatic rings. The Kier molecular flexibility index (Phi) is 9.89. The normalized spacial score (nSPS) is 12.7. The van der Waals surface area contributed by atoms with E-state index in [9.17, 15) is 71.4 Å². The summed E-state index contributed by atoms with van der Waals surface area (Å²) in [5.41, 5.74) is -14.1. The number of alkyl halides is 6. The van der Waals surface area contributed by atoms with Crippen LogP contribution >= 0.6 is 0 Å². The molecule has 2 N–H and O–H groups in total. The maximum absolute atomic E-state index is 14.1. The van der Waals surface area contributed by atoms with Crippen LogP contribution in [0.25, 0.3) is 5.69 Å². The third-order valence-electron chi connectivity index (χ3n) is 7.27. The number of carbonyl (C=O) groups is 2. The summed E-state index contributed by atoms with van der Waals surface area (Å²) in [6.45, 7) is 1.66. The number of ketones is 2. The van der Waals surface area contributed by atoms with Crippen molar-refractivity contribution < 1.29 is 79.8 Å². The third-order valence-corrected chi connectivity index (χ3v) is 10.9. The average Bonchev–Trinajstić information content (AvgIpc) is 3.71. The molecule has 0 spiro atoms. The van der Waals surface area contributed by atoms with E-state index in [1.807, 2.05) is 0 Å². The molecule has 23 heteroatoms. The molecule has 0 fully saturated rings.